The largest absolute Gasteiger partial charge is 0.481 e. The van der Waals surface area contributed by atoms with Crippen LogP contribution in [0.15, 0.2) is 59.1 Å². The number of carboxylic acids is 1. The van der Waals surface area contributed by atoms with E-state index in [1.165, 1.54) is 0 Å². The third-order valence-corrected chi connectivity index (χ3v) is 5.06. The summed E-state index contributed by atoms with van der Waals surface area (Å²) in [6.07, 6.45) is 1.55. The molecule has 4 heteroatoms. The fourth-order valence-electron chi connectivity index (χ4n) is 2.80. The van der Waals surface area contributed by atoms with Crippen LogP contribution in [0.2, 0.25) is 0 Å². The Bertz CT molecular complexity index is 695. The Morgan fingerprint density at radius 2 is 1.67 bits per heavy atom. The van der Waals surface area contributed by atoms with Gasteiger partial charge in [0.15, 0.2) is 5.78 Å². The predicted octanol–water partition coefficient (Wildman–Crippen LogP) is 5.14. The van der Waals surface area contributed by atoms with Crippen molar-refractivity contribution in [1.82, 2.24) is 0 Å². The molecule has 0 aromatic heterocycles. The minimum atomic E-state index is -1.03. The summed E-state index contributed by atoms with van der Waals surface area (Å²) in [7, 11) is 0. The summed E-state index contributed by atoms with van der Waals surface area (Å²) in [5, 5.41) is 9.78. The van der Waals surface area contributed by atoms with Gasteiger partial charge < -0.3 is 5.11 Å². The highest BCUT2D eigenvalue weighted by Gasteiger charge is 2.38. The third kappa shape index (κ3) is 4.54. The normalized spacial score (nSPS) is 13.2. The monoisotopic (exact) mass is 388 g/mol. The first-order chi connectivity index (χ1) is 11.5. The van der Waals surface area contributed by atoms with E-state index in [1.54, 1.807) is 24.3 Å². The van der Waals surface area contributed by atoms with Crippen LogP contribution in [0, 0.1) is 5.41 Å². The number of aliphatic carboxylic acids is 1. The number of carbonyl (C=O) groups is 2. The average Bonchev–Trinajstić information content (AvgIpc) is 2.59. The van der Waals surface area contributed by atoms with E-state index in [9.17, 15) is 14.7 Å². The topological polar surface area (TPSA) is 54.4 Å². The molecule has 0 saturated carbocycles. The Labute approximate surface area is 150 Å². The fraction of sp³-hybridized carbons (Fsp3) is 0.300. The summed E-state index contributed by atoms with van der Waals surface area (Å²) in [6.45, 7) is 1.84. The first kappa shape index (κ1) is 18.4. The van der Waals surface area contributed by atoms with Gasteiger partial charge in [-0.15, -0.1) is 0 Å². The summed E-state index contributed by atoms with van der Waals surface area (Å²) in [5.41, 5.74) is 0.615. The Morgan fingerprint density at radius 1 is 1.04 bits per heavy atom. The number of carboxylic acid groups (broad SMARTS) is 1. The molecule has 24 heavy (non-hydrogen) atoms. The van der Waals surface area contributed by atoms with Gasteiger partial charge in [0, 0.05) is 16.5 Å². The number of aryl methyl sites for hydroxylation is 1. The molecule has 0 aliphatic heterocycles. The molecule has 0 aliphatic rings. The summed E-state index contributed by atoms with van der Waals surface area (Å²) in [4.78, 5) is 24.5. The molecule has 3 nitrogen and oxygen atoms in total. The van der Waals surface area contributed by atoms with Crippen molar-refractivity contribution in [2.45, 2.75) is 32.6 Å². The molecule has 0 bridgehead atoms. The lowest BCUT2D eigenvalue weighted by Gasteiger charge is -2.27. The molecule has 0 amide bonds. The zero-order valence-corrected chi connectivity index (χ0v) is 15.3. The molecule has 0 heterocycles. The zero-order chi connectivity index (χ0) is 17.6. The second kappa shape index (κ2) is 8.25. The Kier molecular flexibility index (Phi) is 6.32. The molecule has 1 atom stereocenters. The van der Waals surface area contributed by atoms with E-state index in [4.69, 9.17) is 0 Å². The molecular weight excluding hydrogens is 368 g/mol. The summed E-state index contributed by atoms with van der Waals surface area (Å²) < 4.78 is 0.892. The van der Waals surface area contributed by atoms with Crippen LogP contribution in [-0.2, 0) is 11.2 Å². The fourth-order valence-corrected chi connectivity index (χ4v) is 3.06. The molecular formula is C20H21BrO3. The van der Waals surface area contributed by atoms with Gasteiger partial charge in [0.25, 0.3) is 0 Å². The number of benzene rings is 2. The highest BCUT2D eigenvalue weighted by Crippen LogP contribution is 2.34. The van der Waals surface area contributed by atoms with Crippen molar-refractivity contribution >= 4 is 27.7 Å². The van der Waals surface area contributed by atoms with E-state index in [1.807, 2.05) is 37.3 Å². The first-order valence-electron chi connectivity index (χ1n) is 8.03. The lowest BCUT2D eigenvalue weighted by molar-refractivity contribution is -0.149. The van der Waals surface area contributed by atoms with Gasteiger partial charge in [-0.05, 0) is 37.0 Å². The maximum Gasteiger partial charge on any atom is 0.310 e. The predicted molar refractivity (Wildman–Crippen MR) is 98.2 cm³/mol. The molecule has 0 saturated heterocycles. The standard InChI is InChI=1S/C20H21BrO3/c1-2-20(19(23)24,13-12-15-6-4-3-5-7-15)14-18(22)16-8-10-17(21)11-9-16/h3-11H,2,12-14H2,1H3,(H,23,24). The van der Waals surface area contributed by atoms with Crippen molar-refractivity contribution in [1.29, 1.82) is 0 Å². The molecule has 1 N–H and O–H groups in total. The van der Waals surface area contributed by atoms with Crippen LogP contribution in [0.1, 0.15) is 42.1 Å². The van der Waals surface area contributed by atoms with Crippen LogP contribution in [-0.4, -0.2) is 16.9 Å². The second-order valence-electron chi connectivity index (χ2n) is 6.03. The van der Waals surface area contributed by atoms with E-state index in [0.717, 1.165) is 10.0 Å². The van der Waals surface area contributed by atoms with E-state index in [-0.39, 0.29) is 12.2 Å². The van der Waals surface area contributed by atoms with Crippen molar-refractivity contribution in [3.05, 3.63) is 70.2 Å². The van der Waals surface area contributed by atoms with Gasteiger partial charge >= 0.3 is 5.97 Å². The highest BCUT2D eigenvalue weighted by molar-refractivity contribution is 9.10. The number of hydrogen-bond donors (Lipinski definition) is 1. The molecule has 0 fully saturated rings. The number of hydrogen-bond acceptors (Lipinski definition) is 2. The molecule has 0 aliphatic carbocycles. The van der Waals surface area contributed by atoms with Gasteiger partial charge in [-0.3, -0.25) is 9.59 Å². The number of carbonyl (C=O) groups excluding carboxylic acids is 1. The molecule has 0 spiro atoms. The third-order valence-electron chi connectivity index (χ3n) is 4.53. The van der Waals surface area contributed by atoms with Crippen molar-refractivity contribution in [3.63, 3.8) is 0 Å². The molecule has 2 rings (SSSR count). The average molecular weight is 389 g/mol. The minimum absolute atomic E-state index is 0.0211. The number of ketones is 1. The summed E-state index contributed by atoms with van der Waals surface area (Å²) in [5.74, 6) is -1.02. The highest BCUT2D eigenvalue weighted by atomic mass is 79.9. The van der Waals surface area contributed by atoms with Crippen molar-refractivity contribution in [2.75, 3.05) is 0 Å². The lowest BCUT2D eigenvalue weighted by Crippen LogP contribution is -2.33. The van der Waals surface area contributed by atoms with Gasteiger partial charge in [-0.1, -0.05) is 65.3 Å². The summed E-state index contributed by atoms with van der Waals surface area (Å²) >= 11 is 3.34. The SMILES string of the molecule is CCC(CCc1ccccc1)(CC(=O)c1ccc(Br)cc1)C(=O)O. The van der Waals surface area contributed by atoms with Crippen LogP contribution >= 0.6 is 15.9 Å². The van der Waals surface area contributed by atoms with Gasteiger partial charge in [0.05, 0.1) is 5.41 Å². The van der Waals surface area contributed by atoms with E-state index >= 15 is 0 Å². The van der Waals surface area contributed by atoms with Gasteiger partial charge in [0.2, 0.25) is 0 Å². The Morgan fingerprint density at radius 3 is 2.21 bits per heavy atom. The van der Waals surface area contributed by atoms with Gasteiger partial charge in [-0.2, -0.15) is 0 Å². The van der Waals surface area contributed by atoms with Crippen LogP contribution < -0.4 is 0 Å². The molecule has 1 unspecified atom stereocenters. The van der Waals surface area contributed by atoms with Crippen LogP contribution in [0.4, 0.5) is 0 Å². The van der Waals surface area contributed by atoms with Gasteiger partial charge in [0.1, 0.15) is 0 Å². The van der Waals surface area contributed by atoms with Crippen LogP contribution in [0.3, 0.4) is 0 Å². The maximum absolute atomic E-state index is 12.6. The minimum Gasteiger partial charge on any atom is -0.481 e. The van der Waals surface area contributed by atoms with E-state index in [2.05, 4.69) is 15.9 Å². The molecule has 0 radical (unpaired) electrons. The van der Waals surface area contributed by atoms with Crippen molar-refractivity contribution in [3.8, 4) is 0 Å². The number of halogens is 1. The van der Waals surface area contributed by atoms with Crippen molar-refractivity contribution in [2.24, 2.45) is 5.41 Å². The smallest absolute Gasteiger partial charge is 0.310 e. The Hall–Kier alpha value is -1.94. The van der Waals surface area contributed by atoms with Crippen molar-refractivity contribution < 1.29 is 14.7 Å². The van der Waals surface area contributed by atoms with Crippen LogP contribution in [0.25, 0.3) is 0 Å². The Balaban J connectivity index is 2.16. The lowest BCUT2D eigenvalue weighted by atomic mass is 9.75. The maximum atomic E-state index is 12.6. The van der Waals surface area contributed by atoms with Crippen LogP contribution in [0.5, 0.6) is 0 Å². The van der Waals surface area contributed by atoms with E-state index in [0.29, 0.717) is 24.8 Å². The summed E-state index contributed by atoms with van der Waals surface area (Å²) in [6, 6.07) is 16.8. The number of Topliss-reactive ketones (excluding diaryl/α,β-unsaturated/α-hetero) is 1. The van der Waals surface area contributed by atoms with Gasteiger partial charge in [-0.25, -0.2) is 0 Å². The molecule has 126 valence electrons. The number of rotatable bonds is 8. The molecule has 2 aromatic carbocycles. The molecule has 2 aromatic rings. The van der Waals surface area contributed by atoms with E-state index < -0.39 is 11.4 Å². The first-order valence-corrected chi connectivity index (χ1v) is 8.82. The quantitative estimate of drug-likeness (QED) is 0.637. The second-order valence-corrected chi connectivity index (χ2v) is 6.95. The zero-order valence-electron chi connectivity index (χ0n) is 13.7.